The molecule has 3 atom stereocenters. The van der Waals surface area contributed by atoms with E-state index in [1.54, 1.807) is 36.7 Å². The molecule has 1 aliphatic heterocycles. The standard InChI is InChI=1S/C28H23F2N7O2/c29-20-5-1-4-18(22(20)30)28(13-31)17-8-10-37(12-19(17)28)21-11-33-25-24(35-36-26(25)34-21)15-6-7-16(27(38)39)23-14(15)3-2-9-32-23/h1-7,9,11,17,19H,8,10,12-13,31H2,(H,38,39)(H,34,35,36)/t17-,19+,28-/m1/s1. The van der Waals surface area contributed by atoms with Gasteiger partial charge in [-0.25, -0.2) is 23.5 Å². The number of rotatable bonds is 5. The van der Waals surface area contributed by atoms with E-state index in [4.69, 9.17) is 10.7 Å². The lowest BCUT2D eigenvalue weighted by Gasteiger charge is -2.26. The number of fused-ring (bicyclic) bond motifs is 3. The molecule has 39 heavy (non-hydrogen) atoms. The van der Waals surface area contributed by atoms with Crippen LogP contribution in [0.3, 0.4) is 0 Å². The van der Waals surface area contributed by atoms with E-state index in [-0.39, 0.29) is 23.9 Å². The van der Waals surface area contributed by atoms with Crippen LogP contribution in [0.5, 0.6) is 0 Å². The lowest BCUT2D eigenvalue weighted by molar-refractivity contribution is 0.0699. The molecule has 196 valence electrons. The number of carboxylic acid groups (broad SMARTS) is 1. The SMILES string of the molecule is NC[C@]1(c2cccc(F)c2F)[C@@H]2CCN(c3cnc4c(-c5ccc(C(=O)O)c6ncccc56)n[nH]c4n3)C[C@@H]21. The number of carboxylic acids is 1. The van der Waals surface area contributed by atoms with Crippen LogP contribution in [-0.4, -0.2) is 55.9 Å². The fourth-order valence-electron chi connectivity index (χ4n) is 6.55. The molecule has 0 amide bonds. The fourth-order valence-corrected chi connectivity index (χ4v) is 6.55. The number of aromatic carboxylic acids is 1. The fraction of sp³-hybridized carbons (Fsp3) is 0.250. The van der Waals surface area contributed by atoms with Gasteiger partial charge in [-0.1, -0.05) is 24.3 Å². The Hall–Kier alpha value is -4.51. The van der Waals surface area contributed by atoms with E-state index in [9.17, 15) is 18.7 Å². The number of aromatic amines is 1. The average molecular weight is 528 g/mol. The zero-order chi connectivity index (χ0) is 26.9. The number of benzene rings is 2. The molecule has 0 bridgehead atoms. The zero-order valence-electron chi connectivity index (χ0n) is 20.6. The number of hydrogen-bond acceptors (Lipinski definition) is 7. The second-order valence-corrected chi connectivity index (χ2v) is 10.2. The van der Waals surface area contributed by atoms with Crippen molar-refractivity contribution in [1.82, 2.24) is 25.1 Å². The summed E-state index contributed by atoms with van der Waals surface area (Å²) in [5.41, 5.74) is 8.70. The van der Waals surface area contributed by atoms with Crippen LogP contribution in [0.25, 0.3) is 33.3 Å². The van der Waals surface area contributed by atoms with Crippen LogP contribution < -0.4 is 10.6 Å². The average Bonchev–Trinajstić information content (AvgIpc) is 3.42. The van der Waals surface area contributed by atoms with Crippen LogP contribution in [0, 0.1) is 23.5 Å². The molecule has 4 heterocycles. The Balaban J connectivity index is 1.21. The van der Waals surface area contributed by atoms with Gasteiger partial charge in [-0.3, -0.25) is 10.1 Å². The highest BCUT2D eigenvalue weighted by Crippen LogP contribution is 2.63. The van der Waals surface area contributed by atoms with Gasteiger partial charge in [0.25, 0.3) is 0 Å². The van der Waals surface area contributed by atoms with Crippen LogP contribution >= 0.6 is 0 Å². The third-order valence-corrected chi connectivity index (χ3v) is 8.45. The Kier molecular flexibility index (Phi) is 5.14. The Morgan fingerprint density at radius 3 is 2.82 bits per heavy atom. The molecule has 1 aliphatic carbocycles. The number of anilines is 1. The highest BCUT2D eigenvalue weighted by molar-refractivity contribution is 6.08. The van der Waals surface area contributed by atoms with Crippen molar-refractivity contribution in [3.63, 3.8) is 0 Å². The van der Waals surface area contributed by atoms with E-state index in [0.29, 0.717) is 57.8 Å². The van der Waals surface area contributed by atoms with Crippen LogP contribution in [0.4, 0.5) is 14.6 Å². The lowest BCUT2D eigenvalue weighted by Crippen LogP contribution is -2.32. The number of H-pyrrole nitrogens is 1. The number of carbonyl (C=O) groups is 1. The number of hydrogen-bond donors (Lipinski definition) is 3. The van der Waals surface area contributed by atoms with Crippen LogP contribution in [-0.2, 0) is 5.41 Å². The van der Waals surface area contributed by atoms with Crippen LogP contribution in [0.1, 0.15) is 22.3 Å². The summed E-state index contributed by atoms with van der Waals surface area (Å²) in [5, 5.41) is 17.6. The van der Waals surface area contributed by atoms with E-state index in [1.165, 1.54) is 12.1 Å². The minimum absolute atomic E-state index is 0.0778. The molecule has 2 aliphatic rings. The van der Waals surface area contributed by atoms with Gasteiger partial charge in [0.05, 0.1) is 17.3 Å². The van der Waals surface area contributed by atoms with Gasteiger partial charge in [0.15, 0.2) is 17.3 Å². The molecule has 2 fully saturated rings. The van der Waals surface area contributed by atoms with Crippen molar-refractivity contribution in [2.75, 3.05) is 24.5 Å². The molecule has 0 unspecified atom stereocenters. The smallest absolute Gasteiger partial charge is 0.337 e. The van der Waals surface area contributed by atoms with Gasteiger partial charge < -0.3 is 15.7 Å². The number of halogens is 2. The van der Waals surface area contributed by atoms with Gasteiger partial charge in [0.2, 0.25) is 0 Å². The largest absolute Gasteiger partial charge is 0.478 e. The Bertz CT molecular complexity index is 1790. The zero-order valence-corrected chi connectivity index (χ0v) is 20.6. The van der Waals surface area contributed by atoms with E-state index >= 15 is 0 Å². The van der Waals surface area contributed by atoms with Crippen LogP contribution in [0.2, 0.25) is 0 Å². The summed E-state index contributed by atoms with van der Waals surface area (Å²) in [6, 6.07) is 11.1. The van der Waals surface area contributed by atoms with Gasteiger partial charge in [-0.05, 0) is 42.0 Å². The highest BCUT2D eigenvalue weighted by Gasteiger charge is 2.66. The van der Waals surface area contributed by atoms with Gasteiger partial charge >= 0.3 is 5.97 Å². The summed E-state index contributed by atoms with van der Waals surface area (Å²) in [5.74, 6) is -1.81. The number of aromatic nitrogens is 5. The predicted molar refractivity (Wildman–Crippen MR) is 140 cm³/mol. The Labute approximate surface area is 220 Å². The minimum atomic E-state index is -1.06. The van der Waals surface area contributed by atoms with E-state index in [0.717, 1.165) is 12.5 Å². The molecule has 0 radical (unpaired) electrons. The highest BCUT2D eigenvalue weighted by atomic mass is 19.2. The predicted octanol–water partition coefficient (Wildman–Crippen LogP) is 3.90. The molecule has 5 aromatic rings. The van der Waals surface area contributed by atoms with Crippen molar-refractivity contribution >= 4 is 33.9 Å². The molecular weight excluding hydrogens is 504 g/mol. The van der Waals surface area contributed by atoms with Crippen molar-refractivity contribution in [3.8, 4) is 11.3 Å². The Morgan fingerprint density at radius 2 is 2.00 bits per heavy atom. The number of nitrogens with two attached hydrogens (primary N) is 1. The molecule has 4 N–H and O–H groups in total. The Morgan fingerprint density at radius 1 is 1.13 bits per heavy atom. The molecule has 3 aromatic heterocycles. The summed E-state index contributed by atoms with van der Waals surface area (Å²) >= 11 is 0. The number of pyridine rings is 1. The van der Waals surface area contributed by atoms with Crippen molar-refractivity contribution < 1.29 is 18.7 Å². The maximum Gasteiger partial charge on any atom is 0.337 e. The summed E-state index contributed by atoms with van der Waals surface area (Å²) in [6.07, 6.45) is 4.02. The first-order chi connectivity index (χ1) is 18.9. The van der Waals surface area contributed by atoms with Crippen molar-refractivity contribution in [2.24, 2.45) is 17.6 Å². The van der Waals surface area contributed by atoms with Crippen molar-refractivity contribution in [3.05, 3.63) is 77.6 Å². The molecular formula is C28H23F2N7O2. The topological polar surface area (TPSA) is 134 Å². The molecule has 1 saturated heterocycles. The number of nitrogens with one attached hydrogen (secondary N) is 1. The maximum absolute atomic E-state index is 14.7. The summed E-state index contributed by atoms with van der Waals surface area (Å²) < 4.78 is 28.8. The maximum atomic E-state index is 14.7. The summed E-state index contributed by atoms with van der Waals surface area (Å²) in [4.78, 5) is 27.5. The molecule has 9 nitrogen and oxygen atoms in total. The van der Waals surface area contributed by atoms with Gasteiger partial charge in [0, 0.05) is 42.2 Å². The summed E-state index contributed by atoms with van der Waals surface area (Å²) in [7, 11) is 0. The number of piperidine rings is 1. The lowest BCUT2D eigenvalue weighted by atomic mass is 9.90. The molecule has 11 heteroatoms. The van der Waals surface area contributed by atoms with E-state index in [2.05, 4.69) is 25.1 Å². The van der Waals surface area contributed by atoms with Crippen molar-refractivity contribution in [2.45, 2.75) is 11.8 Å². The first-order valence-electron chi connectivity index (χ1n) is 12.7. The molecule has 7 rings (SSSR count). The molecule has 2 aromatic carbocycles. The van der Waals surface area contributed by atoms with E-state index in [1.807, 2.05) is 0 Å². The minimum Gasteiger partial charge on any atom is -0.478 e. The normalized spacial score (nSPS) is 22.3. The van der Waals surface area contributed by atoms with Gasteiger partial charge in [0.1, 0.15) is 17.0 Å². The molecule has 1 saturated carbocycles. The van der Waals surface area contributed by atoms with Gasteiger partial charge in [-0.2, -0.15) is 5.10 Å². The molecule has 0 spiro atoms. The van der Waals surface area contributed by atoms with Crippen molar-refractivity contribution in [1.29, 1.82) is 0 Å². The first kappa shape index (κ1) is 23.6. The number of nitrogens with zero attached hydrogens (tertiary/aromatic N) is 5. The third-order valence-electron chi connectivity index (χ3n) is 8.45. The second-order valence-electron chi connectivity index (χ2n) is 10.2. The van der Waals surface area contributed by atoms with E-state index < -0.39 is 23.0 Å². The first-order valence-corrected chi connectivity index (χ1v) is 12.7. The quantitative estimate of drug-likeness (QED) is 0.313. The monoisotopic (exact) mass is 527 g/mol. The summed E-state index contributed by atoms with van der Waals surface area (Å²) in [6.45, 7) is 1.54. The van der Waals surface area contributed by atoms with Crippen LogP contribution in [0.15, 0.2) is 54.9 Å². The van der Waals surface area contributed by atoms with Gasteiger partial charge in [-0.15, -0.1) is 0 Å². The second kappa shape index (κ2) is 8.50. The third kappa shape index (κ3) is 3.36.